The quantitative estimate of drug-likeness (QED) is 0.487. The van der Waals surface area contributed by atoms with Crippen LogP contribution in [0, 0.1) is 0 Å². The van der Waals surface area contributed by atoms with E-state index in [-0.39, 0.29) is 5.91 Å². The van der Waals surface area contributed by atoms with Crippen molar-refractivity contribution in [1.29, 1.82) is 0 Å². The van der Waals surface area contributed by atoms with Crippen LogP contribution < -0.4 is 10.0 Å². The summed E-state index contributed by atoms with van der Waals surface area (Å²) in [5, 5.41) is 2.89. The predicted octanol–water partition coefficient (Wildman–Crippen LogP) is 5.80. The molecule has 3 aromatic rings. The molecule has 3 rings (SSSR count). The van der Waals surface area contributed by atoms with Crippen molar-refractivity contribution in [3.63, 3.8) is 0 Å². The average Bonchev–Trinajstić information content (AvgIpc) is 2.73. The lowest BCUT2D eigenvalue weighted by Gasteiger charge is -2.08. The van der Waals surface area contributed by atoms with Crippen LogP contribution in [0.3, 0.4) is 0 Å². The van der Waals surface area contributed by atoms with Crippen molar-refractivity contribution >= 4 is 29.2 Å². The van der Waals surface area contributed by atoms with E-state index in [1.165, 1.54) is 17.5 Å². The fourth-order valence-corrected chi connectivity index (χ4v) is 3.16. The van der Waals surface area contributed by atoms with Crippen LogP contribution in [0.1, 0.15) is 35.8 Å². The summed E-state index contributed by atoms with van der Waals surface area (Å²) in [5.74, 6) is -0.195. The number of anilines is 2. The fourth-order valence-electron chi connectivity index (χ4n) is 2.51. The number of aryl methyl sites for hydroxylation is 1. The predicted molar refractivity (Wildman–Crippen MR) is 113 cm³/mol. The van der Waals surface area contributed by atoms with Crippen molar-refractivity contribution < 1.29 is 4.79 Å². The summed E-state index contributed by atoms with van der Waals surface area (Å²) in [5.41, 5.74) is 3.40. The van der Waals surface area contributed by atoms with Crippen LogP contribution in [0.2, 0.25) is 0 Å². The van der Waals surface area contributed by atoms with Crippen LogP contribution in [-0.4, -0.2) is 10.9 Å². The molecule has 2 N–H and O–H groups in total. The molecule has 0 aliphatic heterocycles. The lowest BCUT2D eigenvalue weighted by molar-refractivity contribution is 0.102. The molecule has 4 nitrogen and oxygen atoms in total. The van der Waals surface area contributed by atoms with Gasteiger partial charge in [-0.3, -0.25) is 9.78 Å². The van der Waals surface area contributed by atoms with Gasteiger partial charge in [0.15, 0.2) is 0 Å². The second-order valence-corrected chi connectivity index (χ2v) is 7.08. The number of unbranched alkanes of at least 4 members (excludes halogenated alkanes) is 1. The number of rotatable bonds is 8. The first-order valence-electron chi connectivity index (χ1n) is 9.09. The van der Waals surface area contributed by atoms with Crippen LogP contribution in [0.15, 0.2) is 77.8 Å². The van der Waals surface area contributed by atoms with Gasteiger partial charge in [-0.15, -0.1) is 0 Å². The highest BCUT2D eigenvalue weighted by atomic mass is 32.2. The molecule has 1 heterocycles. The molecule has 0 bridgehead atoms. The van der Waals surface area contributed by atoms with E-state index in [4.69, 9.17) is 0 Å². The van der Waals surface area contributed by atoms with Crippen molar-refractivity contribution in [1.82, 2.24) is 4.98 Å². The van der Waals surface area contributed by atoms with E-state index in [1.807, 2.05) is 60.7 Å². The first-order chi connectivity index (χ1) is 13.2. The Morgan fingerprint density at radius 1 is 0.963 bits per heavy atom. The summed E-state index contributed by atoms with van der Waals surface area (Å²) in [4.78, 5) is 17.7. The number of hydrogen-bond donors (Lipinski definition) is 2. The van der Waals surface area contributed by atoms with Crippen LogP contribution in [0.5, 0.6) is 0 Å². The Morgan fingerprint density at radius 3 is 2.41 bits per heavy atom. The smallest absolute Gasteiger partial charge is 0.274 e. The van der Waals surface area contributed by atoms with Gasteiger partial charge in [0.25, 0.3) is 5.91 Å². The fraction of sp³-hybridized carbons (Fsp3) is 0.182. The summed E-state index contributed by atoms with van der Waals surface area (Å²) in [6.07, 6.45) is 5.08. The van der Waals surface area contributed by atoms with E-state index < -0.39 is 0 Å². The lowest BCUT2D eigenvalue weighted by Crippen LogP contribution is -2.13. The van der Waals surface area contributed by atoms with E-state index in [2.05, 4.69) is 21.9 Å². The average molecular weight is 378 g/mol. The van der Waals surface area contributed by atoms with Crippen molar-refractivity contribution in [3.05, 3.63) is 84.2 Å². The summed E-state index contributed by atoms with van der Waals surface area (Å²) >= 11 is 1.53. The van der Waals surface area contributed by atoms with Gasteiger partial charge in [-0.05, 0) is 72.8 Å². The molecule has 0 saturated carbocycles. The summed E-state index contributed by atoms with van der Waals surface area (Å²) in [6, 6.07) is 21.5. The molecule has 0 aliphatic carbocycles. The van der Waals surface area contributed by atoms with Gasteiger partial charge in [0, 0.05) is 22.5 Å². The van der Waals surface area contributed by atoms with Gasteiger partial charge in [0.05, 0.1) is 0 Å². The molecule has 0 unspecified atom stereocenters. The normalized spacial score (nSPS) is 10.4. The van der Waals surface area contributed by atoms with Gasteiger partial charge in [-0.25, -0.2) is 0 Å². The Labute approximate surface area is 164 Å². The number of amides is 1. The zero-order valence-electron chi connectivity index (χ0n) is 15.3. The molecule has 0 fully saturated rings. The number of carbonyl (C=O) groups is 1. The van der Waals surface area contributed by atoms with Gasteiger partial charge in [-0.2, -0.15) is 0 Å². The van der Waals surface area contributed by atoms with Crippen LogP contribution in [-0.2, 0) is 6.42 Å². The minimum Gasteiger partial charge on any atom is -0.326 e. The Kier molecular flexibility index (Phi) is 6.88. The van der Waals surface area contributed by atoms with Crippen LogP contribution >= 0.6 is 11.9 Å². The Morgan fingerprint density at radius 2 is 1.74 bits per heavy atom. The maximum atomic E-state index is 12.3. The molecule has 0 saturated heterocycles. The second-order valence-electron chi connectivity index (χ2n) is 6.20. The summed E-state index contributed by atoms with van der Waals surface area (Å²) in [7, 11) is 0. The van der Waals surface area contributed by atoms with E-state index in [9.17, 15) is 4.79 Å². The minimum absolute atomic E-state index is 0.195. The Bertz CT molecular complexity index is 849. The highest BCUT2D eigenvalue weighted by Gasteiger charge is 2.08. The number of nitrogens with one attached hydrogen (secondary N) is 2. The third-order valence-corrected chi connectivity index (χ3v) is 4.89. The van der Waals surface area contributed by atoms with Crippen molar-refractivity contribution in [2.75, 3.05) is 10.0 Å². The monoisotopic (exact) mass is 377 g/mol. The largest absolute Gasteiger partial charge is 0.326 e. The van der Waals surface area contributed by atoms with Gasteiger partial charge in [-0.1, -0.05) is 37.6 Å². The molecule has 0 atom stereocenters. The van der Waals surface area contributed by atoms with Crippen molar-refractivity contribution in [2.45, 2.75) is 31.1 Å². The van der Waals surface area contributed by atoms with Crippen molar-refractivity contribution in [3.8, 4) is 0 Å². The zero-order valence-corrected chi connectivity index (χ0v) is 16.1. The molecule has 0 aliphatic rings. The number of nitrogens with zero attached hydrogens (tertiary/aromatic N) is 1. The SMILES string of the molecule is CCCCc1ccc(C(=O)Nc2ccc(SNc3ccccc3)cc2)nc1. The van der Waals surface area contributed by atoms with E-state index in [1.54, 1.807) is 12.3 Å². The topological polar surface area (TPSA) is 54.0 Å². The first-order valence-corrected chi connectivity index (χ1v) is 9.90. The summed E-state index contributed by atoms with van der Waals surface area (Å²) < 4.78 is 3.29. The van der Waals surface area contributed by atoms with E-state index >= 15 is 0 Å². The molecule has 27 heavy (non-hydrogen) atoms. The Balaban J connectivity index is 1.53. The highest BCUT2D eigenvalue weighted by Crippen LogP contribution is 2.22. The molecule has 0 radical (unpaired) electrons. The third-order valence-electron chi connectivity index (χ3n) is 4.05. The van der Waals surface area contributed by atoms with E-state index in [0.717, 1.165) is 35.5 Å². The maximum absolute atomic E-state index is 12.3. The zero-order chi connectivity index (χ0) is 18.9. The van der Waals surface area contributed by atoms with Crippen LogP contribution in [0.25, 0.3) is 0 Å². The van der Waals surface area contributed by atoms with E-state index in [0.29, 0.717) is 5.69 Å². The molecule has 0 spiro atoms. The molecule has 1 aromatic heterocycles. The molecule has 1 amide bonds. The maximum Gasteiger partial charge on any atom is 0.274 e. The first kappa shape index (κ1) is 19.0. The third kappa shape index (κ3) is 5.86. The van der Waals surface area contributed by atoms with Gasteiger partial charge in [0.2, 0.25) is 0 Å². The Hall–Kier alpha value is -2.79. The molecular weight excluding hydrogens is 354 g/mol. The molecule has 5 heteroatoms. The number of hydrogen-bond acceptors (Lipinski definition) is 4. The van der Waals surface area contributed by atoms with Crippen LogP contribution in [0.4, 0.5) is 11.4 Å². The molecule has 138 valence electrons. The number of para-hydroxylation sites is 1. The molecule has 2 aromatic carbocycles. The number of aromatic nitrogens is 1. The second kappa shape index (κ2) is 9.78. The number of pyridine rings is 1. The number of carbonyl (C=O) groups excluding carboxylic acids is 1. The minimum atomic E-state index is -0.195. The molecular formula is C22H23N3OS. The standard InChI is InChI=1S/C22H23N3OS/c1-2-3-7-17-10-15-21(23-16-17)22(26)24-18-11-13-20(14-12-18)27-25-19-8-5-4-6-9-19/h4-6,8-16,25H,2-3,7H2,1H3,(H,24,26). The highest BCUT2D eigenvalue weighted by molar-refractivity contribution is 8.00. The van der Waals surface area contributed by atoms with Gasteiger partial charge >= 0.3 is 0 Å². The van der Waals surface area contributed by atoms with Crippen molar-refractivity contribution in [2.24, 2.45) is 0 Å². The number of benzene rings is 2. The van der Waals surface area contributed by atoms with Gasteiger partial charge in [0.1, 0.15) is 5.69 Å². The lowest BCUT2D eigenvalue weighted by atomic mass is 10.1. The summed E-state index contributed by atoms with van der Waals surface area (Å²) in [6.45, 7) is 2.16. The van der Waals surface area contributed by atoms with Gasteiger partial charge < -0.3 is 10.0 Å².